The molecule has 0 N–H and O–H groups in total. The predicted molar refractivity (Wildman–Crippen MR) is 186 cm³/mol. The van der Waals surface area contributed by atoms with Crippen LogP contribution in [0.3, 0.4) is 0 Å². The second-order valence-electron chi connectivity index (χ2n) is 12.9. The molecular weight excluding hydrogens is 616 g/mol. The molecule has 2 aromatic carbocycles. The minimum absolute atomic E-state index is 0.115. The van der Waals surface area contributed by atoms with Crippen molar-refractivity contribution in [2.24, 2.45) is 7.05 Å². The molecule has 1 aliphatic carbocycles. The molecule has 1 aliphatic rings. The Morgan fingerprint density at radius 2 is 1.83 bits per heavy atom. The molecule has 0 saturated heterocycles. The average Bonchev–Trinajstić information content (AvgIpc) is 3.60. The largest absolute Gasteiger partial charge is 0.464 e. The van der Waals surface area contributed by atoms with Crippen LogP contribution >= 0.6 is 22.9 Å². The number of allylic oxidation sites excluding steroid dienone is 1. The lowest BCUT2D eigenvalue weighted by molar-refractivity contribution is -0.166. The number of esters is 1. The van der Waals surface area contributed by atoms with E-state index >= 15 is 0 Å². The molecular formula is C37H39ClN4O3S. The van der Waals surface area contributed by atoms with Crippen LogP contribution in [0.25, 0.3) is 38.1 Å². The second kappa shape index (κ2) is 12.4. The number of halogens is 1. The first-order valence-corrected chi connectivity index (χ1v) is 16.8. The molecule has 46 heavy (non-hydrogen) atoms. The van der Waals surface area contributed by atoms with Gasteiger partial charge in [-0.2, -0.15) is 5.10 Å². The highest BCUT2D eigenvalue weighted by molar-refractivity contribution is 7.22. The zero-order valence-corrected chi connectivity index (χ0v) is 29.1. The lowest BCUT2D eigenvalue weighted by Crippen LogP contribution is -2.29. The number of rotatable bonds is 7. The van der Waals surface area contributed by atoms with Crippen molar-refractivity contribution in [1.82, 2.24) is 19.7 Å². The quantitative estimate of drug-likeness (QED) is 0.163. The highest BCUT2D eigenvalue weighted by Crippen LogP contribution is 2.45. The van der Waals surface area contributed by atoms with E-state index < -0.39 is 17.7 Å². The third kappa shape index (κ3) is 6.01. The van der Waals surface area contributed by atoms with Crippen LogP contribution in [0.5, 0.6) is 0 Å². The molecule has 0 fully saturated rings. The maximum atomic E-state index is 13.5. The van der Waals surface area contributed by atoms with Gasteiger partial charge in [0.05, 0.1) is 45.7 Å². The zero-order chi connectivity index (χ0) is 32.9. The van der Waals surface area contributed by atoms with E-state index in [0.29, 0.717) is 5.02 Å². The van der Waals surface area contributed by atoms with Gasteiger partial charge in [-0.1, -0.05) is 42.8 Å². The molecule has 3 aromatic heterocycles. The number of benzene rings is 2. The molecule has 5 aromatic rings. The van der Waals surface area contributed by atoms with E-state index in [4.69, 9.17) is 31.0 Å². The molecule has 2 unspecified atom stereocenters. The Hall–Kier alpha value is -3.85. The van der Waals surface area contributed by atoms with Crippen molar-refractivity contribution in [2.45, 2.75) is 72.0 Å². The molecule has 238 valence electrons. The van der Waals surface area contributed by atoms with E-state index in [1.54, 1.807) is 18.3 Å². The molecule has 0 bridgehead atoms. The molecule has 0 radical (unpaired) electrons. The molecule has 0 aliphatic heterocycles. The highest BCUT2D eigenvalue weighted by Gasteiger charge is 2.34. The number of hydrogen-bond donors (Lipinski definition) is 0. The van der Waals surface area contributed by atoms with Gasteiger partial charge in [0.25, 0.3) is 0 Å². The summed E-state index contributed by atoms with van der Waals surface area (Å²) in [7, 11) is 1.98. The van der Waals surface area contributed by atoms with Crippen molar-refractivity contribution in [1.29, 1.82) is 0 Å². The van der Waals surface area contributed by atoms with E-state index in [2.05, 4.69) is 37.2 Å². The Kier molecular flexibility index (Phi) is 8.65. The zero-order valence-electron chi connectivity index (χ0n) is 27.5. The van der Waals surface area contributed by atoms with Gasteiger partial charge in [0.1, 0.15) is 5.01 Å². The number of aromatic nitrogens is 4. The first-order chi connectivity index (χ1) is 21.9. The molecule has 9 heteroatoms. The van der Waals surface area contributed by atoms with E-state index in [9.17, 15) is 4.79 Å². The van der Waals surface area contributed by atoms with E-state index in [0.717, 1.165) is 60.1 Å². The molecule has 3 heterocycles. The lowest BCUT2D eigenvalue weighted by atomic mass is 9.80. The number of ether oxygens (including phenoxy) is 2. The van der Waals surface area contributed by atoms with Crippen LogP contribution in [0.15, 0.2) is 54.7 Å². The predicted octanol–water partition coefficient (Wildman–Crippen LogP) is 9.36. The van der Waals surface area contributed by atoms with Crippen molar-refractivity contribution in [2.75, 3.05) is 6.61 Å². The summed E-state index contributed by atoms with van der Waals surface area (Å²) in [5.41, 5.74) is 9.05. The number of carbonyl (C=O) groups excluding carboxylic acids is 1. The van der Waals surface area contributed by atoms with Crippen LogP contribution in [0.1, 0.15) is 86.2 Å². The number of carbonyl (C=O) groups is 1. The number of thiazole rings is 1. The number of fused-ring (bicyclic) bond motifs is 2. The normalized spacial score (nSPS) is 16.9. The van der Waals surface area contributed by atoms with Crippen molar-refractivity contribution >= 4 is 45.2 Å². The number of pyridine rings is 1. The van der Waals surface area contributed by atoms with Gasteiger partial charge >= 0.3 is 5.97 Å². The molecule has 6 rings (SSSR count). The molecule has 0 amide bonds. The van der Waals surface area contributed by atoms with Crippen LogP contribution < -0.4 is 0 Å². The average molecular weight is 655 g/mol. The summed E-state index contributed by atoms with van der Waals surface area (Å²) in [6.45, 7) is 14.2. The number of nitrogens with zero attached hydrogens (tertiary/aromatic N) is 4. The van der Waals surface area contributed by atoms with Crippen molar-refractivity contribution in [3.05, 3.63) is 93.4 Å². The van der Waals surface area contributed by atoms with Crippen LogP contribution in [0, 0.1) is 13.8 Å². The van der Waals surface area contributed by atoms with Crippen LogP contribution in [0.4, 0.5) is 0 Å². The number of aryl methyl sites for hydroxylation is 3. The Labute approximate surface area is 279 Å². The fraction of sp³-hybridized carbons (Fsp3) is 0.351. The van der Waals surface area contributed by atoms with Gasteiger partial charge in [-0.15, -0.1) is 11.3 Å². The molecule has 0 saturated carbocycles. The SMILES string of the molecule is CCOC(=O)[C@@H](OC(C)(C)C)c1c(C)cc2nc(-c3ccc(C)c(C4C=Cc5c(cnn5C)C4C)n3)sc2c1-c1ccc(Cl)cc1. The Morgan fingerprint density at radius 3 is 2.52 bits per heavy atom. The minimum Gasteiger partial charge on any atom is -0.464 e. The Balaban J connectivity index is 1.52. The smallest absolute Gasteiger partial charge is 0.339 e. The van der Waals surface area contributed by atoms with E-state index in [1.807, 2.05) is 82.0 Å². The van der Waals surface area contributed by atoms with Crippen molar-refractivity contribution in [3.8, 4) is 21.8 Å². The summed E-state index contributed by atoms with van der Waals surface area (Å²) in [5, 5.41) is 5.92. The first-order valence-electron chi connectivity index (χ1n) is 15.6. The summed E-state index contributed by atoms with van der Waals surface area (Å²) in [6, 6.07) is 13.9. The molecule has 7 nitrogen and oxygen atoms in total. The van der Waals surface area contributed by atoms with E-state index in [1.165, 1.54) is 5.56 Å². The summed E-state index contributed by atoms with van der Waals surface area (Å²) in [4.78, 5) is 23.9. The van der Waals surface area contributed by atoms with Gasteiger partial charge in [-0.25, -0.2) is 14.8 Å². The summed E-state index contributed by atoms with van der Waals surface area (Å²) >= 11 is 7.89. The van der Waals surface area contributed by atoms with Crippen molar-refractivity contribution in [3.63, 3.8) is 0 Å². The maximum Gasteiger partial charge on any atom is 0.339 e. The molecule has 3 atom stereocenters. The fourth-order valence-corrected chi connectivity index (χ4v) is 7.48. The monoisotopic (exact) mass is 654 g/mol. The first kappa shape index (κ1) is 32.1. The maximum absolute atomic E-state index is 13.5. The molecule has 0 spiro atoms. The third-order valence-corrected chi connectivity index (χ3v) is 9.83. The van der Waals surface area contributed by atoms with Gasteiger partial charge in [0.15, 0.2) is 6.10 Å². The lowest BCUT2D eigenvalue weighted by Gasteiger charge is -2.29. The van der Waals surface area contributed by atoms with Crippen LogP contribution in [-0.2, 0) is 21.3 Å². The fourth-order valence-electron chi connectivity index (χ4n) is 6.26. The van der Waals surface area contributed by atoms with Gasteiger partial charge < -0.3 is 9.47 Å². The summed E-state index contributed by atoms with van der Waals surface area (Å²) < 4.78 is 14.9. The van der Waals surface area contributed by atoms with Crippen LogP contribution in [0.2, 0.25) is 5.02 Å². The topological polar surface area (TPSA) is 79.1 Å². The van der Waals surface area contributed by atoms with Crippen molar-refractivity contribution < 1.29 is 14.3 Å². The van der Waals surface area contributed by atoms with Gasteiger partial charge in [0.2, 0.25) is 0 Å². The standard InChI is InChI=1S/C37H39ClN4O3S/c1-9-44-36(43)33(45-37(5,6)7)30-21(3)18-28-34(31(30)23-11-13-24(38)14-12-23)46-35(41-28)27-16-10-20(2)32(40-27)25-15-17-29-26(22(25)4)19-39-42(29)8/h10-19,22,25,33H,9H2,1-8H3/t22?,25?,33-/m0/s1. The van der Waals surface area contributed by atoms with Crippen LogP contribution in [-0.4, -0.2) is 37.9 Å². The van der Waals surface area contributed by atoms with E-state index in [-0.39, 0.29) is 18.4 Å². The summed E-state index contributed by atoms with van der Waals surface area (Å²) in [5.74, 6) is -0.0738. The van der Waals surface area contributed by atoms with Gasteiger partial charge in [-0.05, 0) is 94.5 Å². The Bertz CT molecular complexity index is 1970. The third-order valence-electron chi connectivity index (χ3n) is 8.47. The Morgan fingerprint density at radius 1 is 1.09 bits per heavy atom. The highest BCUT2D eigenvalue weighted by atomic mass is 35.5. The van der Waals surface area contributed by atoms with Gasteiger partial charge in [-0.3, -0.25) is 4.68 Å². The van der Waals surface area contributed by atoms with Gasteiger partial charge in [0, 0.05) is 34.7 Å². The summed E-state index contributed by atoms with van der Waals surface area (Å²) in [6.07, 6.45) is 5.43. The minimum atomic E-state index is -0.929. The number of hydrogen-bond acceptors (Lipinski definition) is 7. The second-order valence-corrected chi connectivity index (χ2v) is 14.3.